The number of rotatable bonds is 3. The van der Waals surface area contributed by atoms with Gasteiger partial charge in [0.15, 0.2) is 0 Å². The number of hydrogen-bond donors (Lipinski definition) is 2. The Kier molecular flexibility index (Phi) is 3.54. The third-order valence-corrected chi connectivity index (χ3v) is 5.36. The number of nitrogens with one attached hydrogen (secondary N) is 1. The predicted molar refractivity (Wildman–Crippen MR) is 114 cm³/mol. The first-order valence-electron chi connectivity index (χ1n) is 9.55. The number of anilines is 3. The Morgan fingerprint density at radius 1 is 1.00 bits per heavy atom. The molecule has 0 amide bonds. The molecule has 0 saturated heterocycles. The number of aromatic nitrogens is 2. The van der Waals surface area contributed by atoms with Crippen molar-refractivity contribution in [2.24, 2.45) is 0 Å². The summed E-state index contributed by atoms with van der Waals surface area (Å²) < 4.78 is 0. The van der Waals surface area contributed by atoms with Crippen LogP contribution >= 0.6 is 0 Å². The summed E-state index contributed by atoms with van der Waals surface area (Å²) in [5, 5.41) is 8.20. The molecule has 0 aliphatic carbocycles. The molecule has 0 fully saturated rings. The standard InChI is InChI=1S/C23H22N4/c1-3-4-9-18-15-7-5-6-8-16(15)21-17-11-13(2)10-14-12-19(24)26-22(20(14)17)27-23(21)25-18/h5-8,10-12H,3-4,9H2,1-2H3,(H3,24,25,26,27). The zero-order chi connectivity index (χ0) is 18.5. The van der Waals surface area contributed by atoms with Crippen molar-refractivity contribution in [3.8, 4) is 11.1 Å². The molecule has 5 rings (SSSR count). The molecule has 3 heterocycles. The van der Waals surface area contributed by atoms with Crippen LogP contribution in [-0.2, 0) is 6.42 Å². The van der Waals surface area contributed by atoms with Gasteiger partial charge in [0.2, 0.25) is 0 Å². The number of aryl methyl sites for hydroxylation is 2. The van der Waals surface area contributed by atoms with Crippen molar-refractivity contribution in [3.63, 3.8) is 0 Å². The average molecular weight is 354 g/mol. The van der Waals surface area contributed by atoms with Crippen LogP contribution in [0.15, 0.2) is 42.5 Å². The molecule has 4 heteroatoms. The zero-order valence-corrected chi connectivity index (χ0v) is 15.6. The molecule has 4 nitrogen and oxygen atoms in total. The van der Waals surface area contributed by atoms with E-state index in [1.807, 2.05) is 6.07 Å². The largest absolute Gasteiger partial charge is 0.384 e. The lowest BCUT2D eigenvalue weighted by molar-refractivity contribution is 0.783. The maximum Gasteiger partial charge on any atom is 0.142 e. The van der Waals surface area contributed by atoms with Crippen LogP contribution in [0.1, 0.15) is 31.0 Å². The van der Waals surface area contributed by atoms with E-state index in [2.05, 4.69) is 60.5 Å². The van der Waals surface area contributed by atoms with Crippen molar-refractivity contribution in [3.05, 3.63) is 53.7 Å². The molecule has 134 valence electrons. The minimum atomic E-state index is 0.525. The van der Waals surface area contributed by atoms with Gasteiger partial charge in [-0.25, -0.2) is 9.97 Å². The van der Waals surface area contributed by atoms with Crippen molar-refractivity contribution < 1.29 is 0 Å². The number of fused-ring (bicyclic) bond motifs is 4. The average Bonchev–Trinajstić information content (AvgIpc) is 2.65. The van der Waals surface area contributed by atoms with Gasteiger partial charge < -0.3 is 11.1 Å². The van der Waals surface area contributed by atoms with Crippen molar-refractivity contribution in [1.82, 2.24) is 9.97 Å². The van der Waals surface area contributed by atoms with Crippen LogP contribution in [-0.4, -0.2) is 9.97 Å². The second-order valence-corrected chi connectivity index (χ2v) is 7.36. The number of pyridine rings is 2. The topological polar surface area (TPSA) is 63.8 Å². The molecule has 0 spiro atoms. The van der Waals surface area contributed by atoms with Gasteiger partial charge in [-0.1, -0.05) is 49.7 Å². The Balaban J connectivity index is 1.89. The summed E-state index contributed by atoms with van der Waals surface area (Å²) in [6, 6.07) is 15.0. The molecular formula is C23H22N4. The molecule has 3 N–H and O–H groups in total. The summed E-state index contributed by atoms with van der Waals surface area (Å²) in [6.07, 6.45) is 3.26. The van der Waals surface area contributed by atoms with E-state index in [1.54, 1.807) is 0 Å². The number of nitrogens with zero attached hydrogens (tertiary/aromatic N) is 2. The molecule has 0 radical (unpaired) electrons. The van der Waals surface area contributed by atoms with Gasteiger partial charge in [-0.3, -0.25) is 0 Å². The van der Waals surface area contributed by atoms with Crippen LogP contribution < -0.4 is 11.1 Å². The minimum absolute atomic E-state index is 0.525. The van der Waals surface area contributed by atoms with Crippen molar-refractivity contribution >= 4 is 39.0 Å². The quantitative estimate of drug-likeness (QED) is 0.433. The molecule has 0 atom stereocenters. The van der Waals surface area contributed by atoms with Gasteiger partial charge in [0, 0.05) is 16.3 Å². The van der Waals surface area contributed by atoms with Crippen molar-refractivity contribution in [1.29, 1.82) is 0 Å². The Hall–Kier alpha value is -3.14. The molecule has 1 aliphatic rings. The van der Waals surface area contributed by atoms with E-state index in [0.29, 0.717) is 5.82 Å². The zero-order valence-electron chi connectivity index (χ0n) is 15.6. The summed E-state index contributed by atoms with van der Waals surface area (Å²) in [4.78, 5) is 9.59. The van der Waals surface area contributed by atoms with Crippen LogP contribution in [0.4, 0.5) is 17.5 Å². The summed E-state index contributed by atoms with van der Waals surface area (Å²) in [6.45, 7) is 4.34. The highest BCUT2D eigenvalue weighted by Crippen LogP contribution is 2.46. The predicted octanol–water partition coefficient (Wildman–Crippen LogP) is 5.74. The summed E-state index contributed by atoms with van der Waals surface area (Å²) in [5.41, 5.74) is 10.8. The lowest BCUT2D eigenvalue weighted by atomic mass is 9.90. The van der Waals surface area contributed by atoms with Crippen molar-refractivity contribution in [2.75, 3.05) is 11.1 Å². The fraction of sp³-hybridized carbons (Fsp3) is 0.217. The van der Waals surface area contributed by atoms with Gasteiger partial charge >= 0.3 is 0 Å². The van der Waals surface area contributed by atoms with E-state index in [4.69, 9.17) is 10.7 Å². The van der Waals surface area contributed by atoms with Gasteiger partial charge in [-0.05, 0) is 47.7 Å². The third kappa shape index (κ3) is 2.44. The van der Waals surface area contributed by atoms with E-state index in [9.17, 15) is 0 Å². The van der Waals surface area contributed by atoms with E-state index in [0.717, 1.165) is 47.4 Å². The number of benzene rings is 2. The molecule has 1 aliphatic heterocycles. The first-order chi connectivity index (χ1) is 13.2. The Morgan fingerprint density at radius 3 is 2.63 bits per heavy atom. The summed E-state index contributed by atoms with van der Waals surface area (Å²) in [5.74, 6) is 2.21. The Bertz CT molecular complexity index is 1210. The van der Waals surface area contributed by atoms with Crippen LogP contribution in [0.25, 0.3) is 32.7 Å². The molecule has 0 bridgehead atoms. The number of hydrogen-bond acceptors (Lipinski definition) is 4. The van der Waals surface area contributed by atoms with Gasteiger partial charge in [-0.15, -0.1) is 0 Å². The van der Waals surface area contributed by atoms with Gasteiger partial charge in [0.25, 0.3) is 0 Å². The molecule has 4 aromatic rings. The Labute approximate surface area is 158 Å². The highest BCUT2D eigenvalue weighted by Gasteiger charge is 2.24. The number of unbranched alkanes of at least 4 members (excludes halogenated alkanes) is 1. The van der Waals surface area contributed by atoms with E-state index < -0.39 is 0 Å². The van der Waals surface area contributed by atoms with Gasteiger partial charge in [0.05, 0.1) is 5.69 Å². The lowest BCUT2D eigenvalue weighted by Crippen LogP contribution is -2.09. The number of nitrogen functional groups attached to an aromatic ring is 1. The first-order valence-corrected chi connectivity index (χ1v) is 9.55. The van der Waals surface area contributed by atoms with Gasteiger partial charge in [0.1, 0.15) is 17.5 Å². The van der Waals surface area contributed by atoms with E-state index in [1.165, 1.54) is 27.5 Å². The first kappa shape index (κ1) is 16.1. The Morgan fingerprint density at radius 2 is 1.81 bits per heavy atom. The van der Waals surface area contributed by atoms with Crippen LogP contribution in [0, 0.1) is 6.92 Å². The molecule has 27 heavy (non-hydrogen) atoms. The van der Waals surface area contributed by atoms with E-state index >= 15 is 0 Å². The fourth-order valence-electron chi connectivity index (χ4n) is 4.20. The summed E-state index contributed by atoms with van der Waals surface area (Å²) in [7, 11) is 0. The highest BCUT2D eigenvalue weighted by molar-refractivity contribution is 6.16. The summed E-state index contributed by atoms with van der Waals surface area (Å²) >= 11 is 0. The molecule has 0 unspecified atom stereocenters. The molecule has 2 aromatic heterocycles. The number of nitrogens with two attached hydrogens (primary N) is 1. The minimum Gasteiger partial charge on any atom is -0.384 e. The molecule has 0 saturated carbocycles. The smallest absolute Gasteiger partial charge is 0.142 e. The second-order valence-electron chi connectivity index (χ2n) is 7.36. The maximum atomic E-state index is 6.06. The second kappa shape index (κ2) is 5.95. The molecular weight excluding hydrogens is 332 g/mol. The lowest BCUT2D eigenvalue weighted by Gasteiger charge is -2.24. The third-order valence-electron chi connectivity index (χ3n) is 5.36. The SMILES string of the molecule is CCCCc1nc2c(c3ccccc13)-c1cc(C)cc3cc(N)nc(c13)N2. The fourth-order valence-corrected chi connectivity index (χ4v) is 4.20. The highest BCUT2D eigenvalue weighted by atomic mass is 15.1. The normalized spacial score (nSPS) is 12.2. The molecule has 2 aromatic carbocycles. The van der Waals surface area contributed by atoms with E-state index in [-0.39, 0.29) is 0 Å². The van der Waals surface area contributed by atoms with Crippen molar-refractivity contribution in [2.45, 2.75) is 33.1 Å². The van der Waals surface area contributed by atoms with Crippen LogP contribution in [0.2, 0.25) is 0 Å². The maximum absolute atomic E-state index is 6.06. The van der Waals surface area contributed by atoms with Crippen LogP contribution in [0.5, 0.6) is 0 Å². The van der Waals surface area contributed by atoms with Crippen LogP contribution in [0.3, 0.4) is 0 Å². The monoisotopic (exact) mass is 354 g/mol. The van der Waals surface area contributed by atoms with Gasteiger partial charge in [-0.2, -0.15) is 0 Å².